The van der Waals surface area contributed by atoms with Crippen LogP contribution >= 0.6 is 0 Å². The van der Waals surface area contributed by atoms with Gasteiger partial charge < -0.3 is 10.1 Å². The minimum Gasteiger partial charge on any atom is -0.378 e. The Labute approximate surface area is 82.4 Å². The Bertz CT molecular complexity index is 121. The molecule has 0 aromatic carbocycles. The van der Waals surface area contributed by atoms with Gasteiger partial charge in [0.2, 0.25) is 0 Å². The first-order valence-corrected chi connectivity index (χ1v) is 5.20. The summed E-state index contributed by atoms with van der Waals surface area (Å²) in [7, 11) is 0. The summed E-state index contributed by atoms with van der Waals surface area (Å²) < 4.78 is 5.17. The molecule has 0 heterocycles. The van der Waals surface area contributed by atoms with E-state index >= 15 is 0 Å². The van der Waals surface area contributed by atoms with Gasteiger partial charge in [-0.2, -0.15) is 0 Å². The molecule has 0 amide bonds. The monoisotopic (exact) mass is 185 g/mol. The summed E-state index contributed by atoms with van der Waals surface area (Å²) in [5.41, 5.74) is 0. The van der Waals surface area contributed by atoms with E-state index in [2.05, 4.69) is 31.3 Å². The summed E-state index contributed by atoms with van der Waals surface area (Å²) in [6, 6.07) is 0. The Morgan fingerprint density at radius 3 is 2.69 bits per heavy atom. The van der Waals surface area contributed by atoms with Crippen molar-refractivity contribution in [3.8, 4) is 0 Å². The molecule has 0 aliphatic rings. The van der Waals surface area contributed by atoms with Gasteiger partial charge in [0.1, 0.15) is 0 Å². The Balaban J connectivity index is 3.02. The molecule has 0 aromatic heterocycles. The molecule has 2 heteroatoms. The van der Waals surface area contributed by atoms with Crippen molar-refractivity contribution in [3.05, 3.63) is 12.2 Å². The van der Waals surface area contributed by atoms with Gasteiger partial charge in [-0.25, -0.2) is 0 Å². The molecule has 0 rings (SSSR count). The van der Waals surface area contributed by atoms with E-state index in [9.17, 15) is 0 Å². The summed E-state index contributed by atoms with van der Waals surface area (Å²) in [6.07, 6.45) is 5.35. The first kappa shape index (κ1) is 12.7. The first-order valence-electron chi connectivity index (χ1n) is 5.20. The van der Waals surface area contributed by atoms with Gasteiger partial charge in [0, 0.05) is 6.61 Å². The standard InChI is InChI=1S/C11H23NO/c1-4-13-9-7-5-6-8-12-10-11(2)3/h5,7,11-12H,4,6,8-10H2,1-3H3. The molecule has 0 aliphatic heterocycles. The highest BCUT2D eigenvalue weighted by Gasteiger charge is 1.89. The fourth-order valence-electron chi connectivity index (χ4n) is 0.948. The molecule has 78 valence electrons. The molecular weight excluding hydrogens is 162 g/mol. The fraction of sp³-hybridized carbons (Fsp3) is 0.818. The van der Waals surface area contributed by atoms with Crippen LogP contribution in [0.25, 0.3) is 0 Å². The summed E-state index contributed by atoms with van der Waals surface area (Å²) >= 11 is 0. The maximum Gasteiger partial charge on any atom is 0.0647 e. The van der Waals surface area contributed by atoms with Gasteiger partial charge in [-0.3, -0.25) is 0 Å². The molecule has 0 unspecified atom stereocenters. The normalized spacial score (nSPS) is 11.7. The third kappa shape index (κ3) is 11.7. The quantitative estimate of drug-likeness (QED) is 0.462. The van der Waals surface area contributed by atoms with Crippen molar-refractivity contribution in [2.75, 3.05) is 26.3 Å². The lowest BCUT2D eigenvalue weighted by atomic mass is 10.2. The molecule has 13 heavy (non-hydrogen) atoms. The van der Waals surface area contributed by atoms with Crippen molar-refractivity contribution in [1.29, 1.82) is 0 Å². The van der Waals surface area contributed by atoms with Crippen LogP contribution in [0.3, 0.4) is 0 Å². The Morgan fingerprint density at radius 1 is 1.31 bits per heavy atom. The van der Waals surface area contributed by atoms with Gasteiger partial charge in [0.15, 0.2) is 0 Å². The minimum atomic E-state index is 0.743. The predicted molar refractivity (Wildman–Crippen MR) is 58.0 cm³/mol. The number of hydrogen-bond donors (Lipinski definition) is 1. The van der Waals surface area contributed by atoms with E-state index in [-0.39, 0.29) is 0 Å². The average Bonchev–Trinajstić information content (AvgIpc) is 2.09. The second kappa shape index (κ2) is 9.75. The van der Waals surface area contributed by atoms with E-state index in [1.54, 1.807) is 0 Å². The van der Waals surface area contributed by atoms with Crippen LogP contribution in [0.2, 0.25) is 0 Å². The lowest BCUT2D eigenvalue weighted by Crippen LogP contribution is -2.20. The Kier molecular flexibility index (Phi) is 9.49. The fourth-order valence-corrected chi connectivity index (χ4v) is 0.948. The zero-order chi connectivity index (χ0) is 9.94. The van der Waals surface area contributed by atoms with Gasteiger partial charge in [0.05, 0.1) is 6.61 Å². The van der Waals surface area contributed by atoms with E-state index in [4.69, 9.17) is 4.74 Å². The summed E-state index contributed by atoms with van der Waals surface area (Å²) in [4.78, 5) is 0. The van der Waals surface area contributed by atoms with Gasteiger partial charge in [0.25, 0.3) is 0 Å². The minimum absolute atomic E-state index is 0.743. The maximum atomic E-state index is 5.17. The average molecular weight is 185 g/mol. The van der Waals surface area contributed by atoms with Crippen molar-refractivity contribution < 1.29 is 4.74 Å². The highest BCUT2D eigenvalue weighted by molar-refractivity contribution is 4.81. The zero-order valence-electron chi connectivity index (χ0n) is 9.18. The van der Waals surface area contributed by atoms with Gasteiger partial charge >= 0.3 is 0 Å². The Hall–Kier alpha value is -0.340. The molecule has 0 aliphatic carbocycles. The van der Waals surface area contributed by atoms with Crippen LogP contribution < -0.4 is 5.32 Å². The highest BCUT2D eigenvalue weighted by Crippen LogP contribution is 1.88. The van der Waals surface area contributed by atoms with Gasteiger partial charge in [-0.15, -0.1) is 0 Å². The van der Waals surface area contributed by atoms with E-state index in [1.165, 1.54) is 0 Å². The number of rotatable bonds is 8. The number of ether oxygens (including phenoxy) is 1. The molecule has 2 nitrogen and oxygen atoms in total. The van der Waals surface area contributed by atoms with E-state index in [0.29, 0.717) is 0 Å². The molecule has 0 atom stereocenters. The lowest BCUT2D eigenvalue weighted by Gasteiger charge is -2.04. The molecule has 0 radical (unpaired) electrons. The van der Waals surface area contributed by atoms with Gasteiger partial charge in [-0.05, 0) is 32.4 Å². The van der Waals surface area contributed by atoms with E-state index in [1.807, 2.05) is 6.92 Å². The van der Waals surface area contributed by atoms with Crippen molar-refractivity contribution >= 4 is 0 Å². The highest BCUT2D eigenvalue weighted by atomic mass is 16.5. The number of nitrogens with one attached hydrogen (secondary N) is 1. The van der Waals surface area contributed by atoms with Crippen molar-refractivity contribution in [1.82, 2.24) is 5.32 Å². The largest absolute Gasteiger partial charge is 0.378 e. The Morgan fingerprint density at radius 2 is 2.08 bits per heavy atom. The molecular formula is C11H23NO. The zero-order valence-corrected chi connectivity index (χ0v) is 9.18. The second-order valence-corrected chi connectivity index (χ2v) is 3.52. The van der Waals surface area contributed by atoms with Gasteiger partial charge in [-0.1, -0.05) is 26.0 Å². The van der Waals surface area contributed by atoms with Crippen LogP contribution in [0.15, 0.2) is 12.2 Å². The topological polar surface area (TPSA) is 21.3 Å². The molecule has 0 spiro atoms. The number of hydrogen-bond acceptors (Lipinski definition) is 2. The molecule has 0 aromatic rings. The molecule has 0 fully saturated rings. The third-order valence-electron chi connectivity index (χ3n) is 1.63. The maximum absolute atomic E-state index is 5.17. The predicted octanol–water partition coefficient (Wildman–Crippen LogP) is 2.21. The van der Waals surface area contributed by atoms with Crippen molar-refractivity contribution in [3.63, 3.8) is 0 Å². The summed E-state index contributed by atoms with van der Waals surface area (Å²) in [6.45, 7) is 10.2. The summed E-state index contributed by atoms with van der Waals surface area (Å²) in [5.74, 6) is 0.743. The molecule has 1 N–H and O–H groups in total. The molecule has 0 saturated carbocycles. The first-order chi connectivity index (χ1) is 6.27. The van der Waals surface area contributed by atoms with Crippen LogP contribution in [0.5, 0.6) is 0 Å². The SMILES string of the molecule is CCOCC=CCCNCC(C)C. The van der Waals surface area contributed by atoms with E-state index in [0.717, 1.165) is 38.6 Å². The van der Waals surface area contributed by atoms with Crippen LogP contribution in [0, 0.1) is 5.92 Å². The van der Waals surface area contributed by atoms with Crippen molar-refractivity contribution in [2.24, 2.45) is 5.92 Å². The van der Waals surface area contributed by atoms with Crippen LogP contribution in [-0.4, -0.2) is 26.3 Å². The molecule has 0 bridgehead atoms. The van der Waals surface area contributed by atoms with Crippen LogP contribution in [0.4, 0.5) is 0 Å². The smallest absolute Gasteiger partial charge is 0.0647 e. The second-order valence-electron chi connectivity index (χ2n) is 3.52. The summed E-state index contributed by atoms with van der Waals surface area (Å²) in [5, 5.41) is 3.38. The van der Waals surface area contributed by atoms with Crippen LogP contribution in [0.1, 0.15) is 27.2 Å². The molecule has 0 saturated heterocycles. The lowest BCUT2D eigenvalue weighted by molar-refractivity contribution is 0.177. The van der Waals surface area contributed by atoms with Crippen molar-refractivity contribution in [2.45, 2.75) is 27.2 Å². The van der Waals surface area contributed by atoms with E-state index < -0.39 is 0 Å². The third-order valence-corrected chi connectivity index (χ3v) is 1.63. The van der Waals surface area contributed by atoms with Crippen LogP contribution in [-0.2, 0) is 4.74 Å².